The molecule has 1 N–H and O–H groups in total. The Morgan fingerprint density at radius 3 is 2.46 bits per heavy atom. The number of aliphatic hydroxyl groups is 1. The number of β-amino-alcohol motifs (C(OH)–C–C–N with tert-alkyl or cyclic N) is 1. The first-order chi connectivity index (χ1) is 16.9. The SMILES string of the molecule is COc1cccnc1N1CCN(c2nc(C3(F)CC3)nc3c(Cl)cc(N4CC[C@@H](O)C4)cc23)CC1. The molecule has 1 atom stereocenters. The smallest absolute Gasteiger partial charge is 0.171 e. The molecule has 1 aromatic carbocycles. The summed E-state index contributed by atoms with van der Waals surface area (Å²) in [5.41, 5.74) is 0.0375. The van der Waals surface area contributed by atoms with Crippen molar-refractivity contribution in [1.82, 2.24) is 15.0 Å². The number of fused-ring (bicyclic) bond motifs is 1. The molecule has 0 amide bonds. The molecule has 4 heterocycles. The monoisotopic (exact) mass is 498 g/mol. The van der Waals surface area contributed by atoms with Crippen LogP contribution in [0.15, 0.2) is 30.5 Å². The van der Waals surface area contributed by atoms with Crippen molar-refractivity contribution in [2.75, 3.05) is 61.1 Å². The summed E-state index contributed by atoms with van der Waals surface area (Å²) < 4.78 is 20.6. The molecule has 35 heavy (non-hydrogen) atoms. The first-order valence-electron chi connectivity index (χ1n) is 12.1. The highest BCUT2D eigenvalue weighted by atomic mass is 35.5. The van der Waals surface area contributed by atoms with Crippen molar-refractivity contribution in [2.24, 2.45) is 0 Å². The van der Waals surface area contributed by atoms with Crippen molar-refractivity contribution in [3.63, 3.8) is 0 Å². The minimum absolute atomic E-state index is 0.222. The van der Waals surface area contributed by atoms with Crippen LogP contribution in [0.25, 0.3) is 10.9 Å². The van der Waals surface area contributed by atoms with E-state index in [0.29, 0.717) is 48.8 Å². The van der Waals surface area contributed by atoms with Gasteiger partial charge in [-0.25, -0.2) is 19.3 Å². The zero-order valence-electron chi connectivity index (χ0n) is 19.6. The van der Waals surface area contributed by atoms with Crippen LogP contribution in [0.3, 0.4) is 0 Å². The lowest BCUT2D eigenvalue weighted by Crippen LogP contribution is -2.47. The molecule has 2 saturated heterocycles. The molecule has 3 aliphatic rings. The van der Waals surface area contributed by atoms with E-state index in [9.17, 15) is 5.11 Å². The van der Waals surface area contributed by atoms with Crippen molar-refractivity contribution < 1.29 is 14.2 Å². The van der Waals surface area contributed by atoms with Crippen LogP contribution in [0, 0.1) is 0 Å². The summed E-state index contributed by atoms with van der Waals surface area (Å²) in [6.45, 7) is 4.15. The maximum absolute atomic E-state index is 15.1. The van der Waals surface area contributed by atoms with Crippen LogP contribution in [-0.2, 0) is 5.67 Å². The second-order valence-electron chi connectivity index (χ2n) is 9.55. The number of methoxy groups -OCH3 is 1. The second-order valence-corrected chi connectivity index (χ2v) is 9.96. The molecule has 0 unspecified atom stereocenters. The standard InChI is InChI=1S/C25H28ClFN6O2/c1-35-20-3-2-7-28-23(20)32-11-9-31(10-12-32)22-18-13-16(33-8-4-17(34)15-33)14-19(26)21(18)29-24(30-22)25(27)5-6-25/h2-3,7,13-14,17,34H,4-6,8-12,15H2,1H3/t17-/m1/s1. The Morgan fingerprint density at radius 1 is 1.06 bits per heavy atom. The molecule has 0 radical (unpaired) electrons. The number of rotatable bonds is 5. The first kappa shape index (κ1) is 22.5. The molecular formula is C25H28ClFN6O2. The van der Waals surface area contributed by atoms with Crippen molar-refractivity contribution in [1.29, 1.82) is 0 Å². The minimum Gasteiger partial charge on any atom is -0.493 e. The molecule has 0 spiro atoms. The number of ether oxygens (including phenoxy) is 1. The van der Waals surface area contributed by atoms with E-state index >= 15 is 4.39 Å². The average Bonchev–Trinajstić information content (AvgIpc) is 3.49. The van der Waals surface area contributed by atoms with Gasteiger partial charge in [0.2, 0.25) is 0 Å². The van der Waals surface area contributed by atoms with E-state index in [2.05, 4.69) is 24.7 Å². The van der Waals surface area contributed by atoms with Gasteiger partial charge >= 0.3 is 0 Å². The summed E-state index contributed by atoms with van der Waals surface area (Å²) in [4.78, 5) is 20.4. The summed E-state index contributed by atoms with van der Waals surface area (Å²) in [6, 6.07) is 7.67. The highest BCUT2D eigenvalue weighted by Crippen LogP contribution is 2.49. The van der Waals surface area contributed by atoms with Crippen LogP contribution in [0.2, 0.25) is 5.02 Å². The van der Waals surface area contributed by atoms with Gasteiger partial charge in [0, 0.05) is 56.5 Å². The Kier molecular flexibility index (Phi) is 5.56. The van der Waals surface area contributed by atoms with Gasteiger partial charge in [0.25, 0.3) is 0 Å². The van der Waals surface area contributed by atoms with E-state index in [1.54, 1.807) is 13.3 Å². The van der Waals surface area contributed by atoms with Crippen LogP contribution in [-0.4, -0.2) is 72.5 Å². The summed E-state index contributed by atoms with van der Waals surface area (Å²) in [5, 5.41) is 11.3. The third-order valence-electron chi connectivity index (χ3n) is 7.19. The molecule has 3 fully saturated rings. The van der Waals surface area contributed by atoms with Gasteiger partial charge in [-0.3, -0.25) is 0 Å². The van der Waals surface area contributed by atoms with Gasteiger partial charge in [0.05, 0.1) is 23.8 Å². The quantitative estimate of drug-likeness (QED) is 0.572. The van der Waals surface area contributed by atoms with Crippen LogP contribution in [0.5, 0.6) is 5.75 Å². The molecule has 3 aromatic rings. The fourth-order valence-corrected chi connectivity index (χ4v) is 5.26. The normalized spacial score (nSPS) is 21.6. The first-order valence-corrected chi connectivity index (χ1v) is 12.5. The van der Waals surface area contributed by atoms with Crippen molar-refractivity contribution in [2.45, 2.75) is 31.0 Å². The lowest BCUT2D eigenvalue weighted by molar-refractivity contribution is 0.198. The van der Waals surface area contributed by atoms with Crippen LogP contribution >= 0.6 is 11.6 Å². The number of hydrogen-bond acceptors (Lipinski definition) is 8. The second kappa shape index (κ2) is 8.64. The molecule has 2 aromatic heterocycles. The van der Waals surface area contributed by atoms with Gasteiger partial charge in [-0.1, -0.05) is 11.6 Å². The zero-order chi connectivity index (χ0) is 24.2. The fourth-order valence-electron chi connectivity index (χ4n) is 5.00. The number of aromatic nitrogens is 3. The summed E-state index contributed by atoms with van der Waals surface area (Å²) in [6.07, 6.45) is 3.02. The van der Waals surface area contributed by atoms with E-state index in [1.807, 2.05) is 24.3 Å². The molecular weight excluding hydrogens is 471 g/mol. The number of hydrogen-bond donors (Lipinski definition) is 1. The number of alkyl halides is 1. The number of nitrogens with zero attached hydrogens (tertiary/aromatic N) is 6. The third-order valence-corrected chi connectivity index (χ3v) is 7.47. The molecule has 1 saturated carbocycles. The number of pyridine rings is 1. The van der Waals surface area contributed by atoms with E-state index in [4.69, 9.17) is 21.3 Å². The van der Waals surface area contributed by atoms with E-state index < -0.39 is 5.67 Å². The zero-order valence-corrected chi connectivity index (χ0v) is 20.4. The highest BCUT2D eigenvalue weighted by Gasteiger charge is 2.48. The molecule has 184 valence electrons. The van der Waals surface area contributed by atoms with Crippen LogP contribution in [0.4, 0.5) is 21.7 Å². The van der Waals surface area contributed by atoms with E-state index in [0.717, 1.165) is 48.7 Å². The predicted molar refractivity (Wildman–Crippen MR) is 135 cm³/mol. The maximum Gasteiger partial charge on any atom is 0.171 e. The number of anilines is 3. The summed E-state index contributed by atoms with van der Waals surface area (Å²) in [5.74, 6) is 2.50. The van der Waals surface area contributed by atoms with Gasteiger partial charge in [-0.05, 0) is 43.5 Å². The Balaban J connectivity index is 1.36. The third kappa shape index (κ3) is 4.10. The molecule has 8 nitrogen and oxygen atoms in total. The lowest BCUT2D eigenvalue weighted by atomic mass is 10.1. The number of halogens is 2. The van der Waals surface area contributed by atoms with Crippen LogP contribution in [0.1, 0.15) is 25.1 Å². The molecule has 0 bridgehead atoms. The van der Waals surface area contributed by atoms with Gasteiger partial charge in [0.15, 0.2) is 23.1 Å². The molecule has 6 rings (SSSR count). The van der Waals surface area contributed by atoms with Gasteiger partial charge in [-0.15, -0.1) is 0 Å². The number of piperazine rings is 1. The van der Waals surface area contributed by atoms with Crippen molar-refractivity contribution >= 4 is 39.8 Å². The van der Waals surface area contributed by atoms with Gasteiger partial charge in [0.1, 0.15) is 5.82 Å². The molecule has 2 aliphatic heterocycles. The summed E-state index contributed by atoms with van der Waals surface area (Å²) in [7, 11) is 1.65. The predicted octanol–water partition coefficient (Wildman–Crippen LogP) is 3.54. The largest absolute Gasteiger partial charge is 0.493 e. The van der Waals surface area contributed by atoms with E-state index in [-0.39, 0.29) is 11.9 Å². The Hall–Kier alpha value is -2.91. The highest BCUT2D eigenvalue weighted by molar-refractivity contribution is 6.35. The lowest BCUT2D eigenvalue weighted by Gasteiger charge is -2.37. The Morgan fingerprint density at radius 2 is 1.80 bits per heavy atom. The van der Waals surface area contributed by atoms with Crippen molar-refractivity contribution in [3.8, 4) is 5.75 Å². The summed E-state index contributed by atoms with van der Waals surface area (Å²) >= 11 is 6.72. The average molecular weight is 499 g/mol. The number of aliphatic hydroxyl groups excluding tert-OH is 1. The fraction of sp³-hybridized carbons (Fsp3) is 0.480. The van der Waals surface area contributed by atoms with Crippen LogP contribution < -0.4 is 19.4 Å². The topological polar surface area (TPSA) is 77.9 Å². The van der Waals surface area contributed by atoms with Gasteiger partial charge < -0.3 is 24.5 Å². The Bertz CT molecular complexity index is 1260. The van der Waals surface area contributed by atoms with Crippen molar-refractivity contribution in [3.05, 3.63) is 41.3 Å². The molecule has 1 aliphatic carbocycles. The number of benzene rings is 1. The minimum atomic E-state index is -1.47. The Labute approximate surface area is 208 Å². The maximum atomic E-state index is 15.1. The van der Waals surface area contributed by atoms with Gasteiger partial charge in [-0.2, -0.15) is 0 Å². The molecule has 10 heteroatoms. The van der Waals surface area contributed by atoms with E-state index in [1.165, 1.54) is 0 Å².